The van der Waals surface area contributed by atoms with Gasteiger partial charge in [0.25, 0.3) is 0 Å². The summed E-state index contributed by atoms with van der Waals surface area (Å²) < 4.78 is 4.10. The molecular weight excluding hydrogens is 148 g/mol. The van der Waals surface area contributed by atoms with Crippen molar-refractivity contribution in [3.8, 4) is 0 Å². The summed E-state index contributed by atoms with van der Waals surface area (Å²) in [5.74, 6) is 2.72. The monoisotopic (exact) mass is 153 g/mol. The summed E-state index contributed by atoms with van der Waals surface area (Å²) in [7, 11) is 0. The molecule has 0 N–H and O–H groups in total. The smallest absolute Gasteiger partial charge is 0.189 e. The van der Waals surface area contributed by atoms with Gasteiger partial charge in [-0.15, -0.1) is 5.73 Å². The molecule has 2 aliphatic rings. The van der Waals surface area contributed by atoms with Crippen LogP contribution in [0.2, 0.25) is 0 Å². The van der Waals surface area contributed by atoms with Gasteiger partial charge in [-0.2, -0.15) is 4.99 Å². The van der Waals surface area contributed by atoms with E-state index < -0.39 is 0 Å². The highest BCUT2D eigenvalue weighted by Gasteiger charge is 2.12. The minimum Gasteiger partial charge on any atom is -0.189 e. The molecule has 0 amide bonds. The molecule has 0 aromatic carbocycles. The molecule has 0 aromatic rings. The van der Waals surface area contributed by atoms with Crippen LogP contribution in [0.4, 0.5) is 0 Å². The Balaban J connectivity index is 2.46. The molecule has 0 spiro atoms. The first kappa shape index (κ1) is 6.64. The van der Waals surface area contributed by atoms with Crippen molar-refractivity contribution in [3.63, 3.8) is 0 Å². The van der Waals surface area contributed by atoms with E-state index in [1.807, 2.05) is 0 Å². The predicted octanol–water partition coefficient (Wildman–Crippen LogP) is 0.569. The third kappa shape index (κ3) is 1.19. The quantitative estimate of drug-likeness (QED) is 0.389. The van der Waals surface area contributed by atoms with E-state index in [1.165, 1.54) is 0 Å². The zero-order chi connectivity index (χ0) is 8.23. The highest BCUT2D eigenvalue weighted by molar-refractivity contribution is 6.10. The van der Waals surface area contributed by atoms with E-state index in [-0.39, 0.29) is 0 Å². The average Bonchev–Trinajstić information content (AvgIpc) is 2.21. The highest BCUT2D eigenvalue weighted by atomic mass is 14.8. The van der Waals surface area contributed by atoms with Gasteiger partial charge in [0.05, 0.1) is 12.2 Å². The summed E-state index contributed by atoms with van der Waals surface area (Å²) in [6, 6.07) is 0. The maximum Gasteiger partial charge on any atom is 0.368 e. The minimum absolute atomic E-state index is 0.703. The van der Waals surface area contributed by atoms with E-state index in [0.717, 1.165) is 5.71 Å². The Morgan fingerprint density at radius 2 is 2.25 bits per heavy atom. The van der Waals surface area contributed by atoms with E-state index in [1.54, 1.807) is 30.5 Å². The fourth-order valence-electron chi connectivity index (χ4n) is 0.878. The van der Waals surface area contributed by atoms with Crippen molar-refractivity contribution in [1.29, 1.82) is 0 Å². The van der Waals surface area contributed by atoms with Crippen molar-refractivity contribution in [2.45, 2.75) is 0 Å². The van der Waals surface area contributed by atoms with Gasteiger partial charge in [-0.05, 0) is 11.9 Å². The molecule has 0 aromatic heterocycles. The lowest BCUT2D eigenvalue weighted by Crippen LogP contribution is -2.02. The Bertz CT molecular complexity index is 418. The van der Waals surface area contributed by atoms with Crippen molar-refractivity contribution in [2.75, 3.05) is 0 Å². The van der Waals surface area contributed by atoms with Gasteiger partial charge in [-0.3, -0.25) is 0 Å². The van der Waals surface area contributed by atoms with E-state index in [2.05, 4.69) is 27.0 Å². The van der Waals surface area contributed by atoms with Crippen LogP contribution >= 0.6 is 0 Å². The molecule has 2 heteroatoms. The van der Waals surface area contributed by atoms with Crippen LogP contribution in [0.25, 0.3) is 0 Å². The van der Waals surface area contributed by atoms with Crippen molar-refractivity contribution in [2.24, 2.45) is 4.99 Å². The Morgan fingerprint density at radius 1 is 1.25 bits per heavy atom. The zero-order valence-corrected chi connectivity index (χ0v) is 6.28. The maximum absolute atomic E-state index is 4.10. The predicted molar refractivity (Wildman–Crippen MR) is 49.5 cm³/mol. The summed E-state index contributed by atoms with van der Waals surface area (Å²) in [4.78, 5) is 3.99. The van der Waals surface area contributed by atoms with Gasteiger partial charge in [-0.1, -0.05) is 10.4 Å². The zero-order valence-electron chi connectivity index (χ0n) is 6.28. The largest absolute Gasteiger partial charge is 0.368 e. The molecule has 0 unspecified atom stereocenters. The molecule has 2 rings (SSSR count). The third-order valence-corrected chi connectivity index (χ3v) is 1.40. The molecule has 0 radical (unpaired) electrons. The standard InChI is InChI=1S/C10H5N2/c1-3-7-11-9(5-1)10-6-2-4-8-12-10/h1,3-4,6,8H/q+1. The van der Waals surface area contributed by atoms with Gasteiger partial charge in [0.15, 0.2) is 0 Å². The molecule has 12 heavy (non-hydrogen) atoms. The summed E-state index contributed by atoms with van der Waals surface area (Å²) in [6.07, 6.45) is 8.66. The third-order valence-electron chi connectivity index (χ3n) is 1.40. The van der Waals surface area contributed by atoms with Crippen LogP contribution in [0, 0.1) is 0 Å². The molecule has 2 nitrogen and oxygen atoms in total. The van der Waals surface area contributed by atoms with E-state index in [0.29, 0.717) is 5.70 Å². The van der Waals surface area contributed by atoms with E-state index in [4.69, 9.17) is 0 Å². The molecule has 0 fully saturated rings. The van der Waals surface area contributed by atoms with Gasteiger partial charge in [0.1, 0.15) is 0 Å². The van der Waals surface area contributed by atoms with Crippen LogP contribution in [-0.2, 0) is 0 Å². The topological polar surface area (TPSA) is 26.5 Å². The lowest BCUT2D eigenvalue weighted by molar-refractivity contribution is 1.46. The van der Waals surface area contributed by atoms with Gasteiger partial charge >= 0.3 is 11.9 Å². The normalized spacial score (nSPS) is 16.7. The lowest BCUT2D eigenvalue weighted by atomic mass is 10.2. The van der Waals surface area contributed by atoms with Crippen LogP contribution in [0.5, 0.6) is 0 Å². The SMILES string of the molecule is C1=CC=[N+]=C(C2=C=CC=C=N2)C=1. The van der Waals surface area contributed by atoms with Crippen molar-refractivity contribution in [3.05, 3.63) is 41.5 Å². The van der Waals surface area contributed by atoms with Crippen LogP contribution < -0.4 is 4.67 Å². The molecule has 54 valence electrons. The second-order valence-electron chi connectivity index (χ2n) is 2.21. The van der Waals surface area contributed by atoms with Gasteiger partial charge < -0.3 is 0 Å². The van der Waals surface area contributed by atoms with Crippen molar-refractivity contribution in [1.82, 2.24) is 4.67 Å². The maximum atomic E-state index is 4.10. The van der Waals surface area contributed by atoms with Crippen LogP contribution in [-0.4, -0.2) is 17.8 Å². The summed E-state index contributed by atoms with van der Waals surface area (Å²) >= 11 is 0. The lowest BCUT2D eigenvalue weighted by Gasteiger charge is -1.85. The summed E-state index contributed by atoms with van der Waals surface area (Å²) in [5.41, 5.74) is 7.36. The number of nitrogens with zero attached hydrogens (tertiary/aromatic N) is 2. The molecule has 0 aliphatic carbocycles. The summed E-state index contributed by atoms with van der Waals surface area (Å²) in [5, 5.41) is 0. The van der Waals surface area contributed by atoms with Crippen LogP contribution in [0.1, 0.15) is 0 Å². The number of allylic oxidation sites excluding steroid dienone is 2. The Morgan fingerprint density at radius 3 is 2.92 bits per heavy atom. The van der Waals surface area contributed by atoms with Gasteiger partial charge in [0, 0.05) is 6.08 Å². The first-order valence-corrected chi connectivity index (χ1v) is 3.54. The van der Waals surface area contributed by atoms with Crippen LogP contribution in [0.3, 0.4) is 0 Å². The van der Waals surface area contributed by atoms with E-state index in [9.17, 15) is 0 Å². The summed E-state index contributed by atoms with van der Waals surface area (Å²) in [6.45, 7) is 0. The number of aliphatic imine (C=N–C) groups is 1. The molecule has 2 aliphatic heterocycles. The number of rotatable bonds is 1. The minimum atomic E-state index is 0.703. The Labute approximate surface area is 69.7 Å². The molecule has 0 saturated carbocycles. The molecule has 2 heterocycles. The first-order valence-electron chi connectivity index (χ1n) is 3.54. The second kappa shape index (κ2) is 2.90. The number of hydrogen-bond donors (Lipinski definition) is 0. The molecule has 0 saturated heterocycles. The Hall–Kier alpha value is -2.06. The van der Waals surface area contributed by atoms with Gasteiger partial charge in [0.2, 0.25) is 5.70 Å². The van der Waals surface area contributed by atoms with E-state index >= 15 is 0 Å². The van der Waals surface area contributed by atoms with Crippen molar-refractivity contribution < 1.29 is 0 Å². The highest BCUT2D eigenvalue weighted by Crippen LogP contribution is 1.99. The fourth-order valence-corrected chi connectivity index (χ4v) is 0.878. The van der Waals surface area contributed by atoms with Gasteiger partial charge in [-0.25, -0.2) is 0 Å². The molecule has 0 atom stereocenters. The van der Waals surface area contributed by atoms with Crippen LogP contribution in [0.15, 0.2) is 46.5 Å². The molecular formula is C10H5N2+. The second-order valence-corrected chi connectivity index (χ2v) is 2.21. The Kier molecular flexibility index (Phi) is 1.60. The molecule has 0 bridgehead atoms. The first-order chi connectivity index (χ1) is 5.97. The number of hydrogen-bond acceptors (Lipinski definition) is 1. The average molecular weight is 153 g/mol. The fraction of sp³-hybridized carbons (Fsp3) is 0. The van der Waals surface area contributed by atoms with Crippen molar-refractivity contribution >= 4 is 17.8 Å².